The quantitative estimate of drug-likeness (QED) is 0.791. The Morgan fingerprint density at radius 3 is 2.27 bits per heavy atom. The van der Waals surface area contributed by atoms with Crippen LogP contribution in [0.5, 0.6) is 0 Å². The van der Waals surface area contributed by atoms with Crippen molar-refractivity contribution in [3.8, 4) is 0 Å². The number of aliphatic hydroxyl groups is 1. The van der Waals surface area contributed by atoms with E-state index in [-0.39, 0.29) is 0 Å². The van der Waals surface area contributed by atoms with Crippen LogP contribution >= 0.6 is 0 Å². The molecule has 0 aromatic heterocycles. The van der Waals surface area contributed by atoms with E-state index >= 15 is 0 Å². The molecule has 3 N–H and O–H groups in total. The Kier molecular flexibility index (Phi) is 3.86. The van der Waals surface area contributed by atoms with Gasteiger partial charge in [-0.2, -0.15) is 0 Å². The molecule has 0 bridgehead atoms. The monoisotopic (exact) mass is 207 g/mol. The molecule has 1 unspecified atom stereocenters. The highest BCUT2D eigenvalue weighted by Crippen LogP contribution is 2.20. The van der Waals surface area contributed by atoms with Crippen molar-refractivity contribution < 1.29 is 9.90 Å². The predicted molar refractivity (Wildman–Crippen MR) is 59.4 cm³/mol. The zero-order chi connectivity index (χ0) is 11.4. The van der Waals surface area contributed by atoms with Crippen LogP contribution in [0.25, 0.3) is 0 Å². The number of benzene rings is 1. The number of hydrogen-bond acceptors (Lipinski definition) is 2. The molecule has 0 fully saturated rings. The minimum absolute atomic E-state index is 0.441. The summed E-state index contributed by atoms with van der Waals surface area (Å²) >= 11 is 0. The van der Waals surface area contributed by atoms with Gasteiger partial charge in [-0.25, -0.2) is 0 Å². The molecule has 0 heterocycles. The van der Waals surface area contributed by atoms with Crippen molar-refractivity contribution in [2.45, 2.75) is 26.4 Å². The molecule has 15 heavy (non-hydrogen) atoms. The van der Waals surface area contributed by atoms with Crippen molar-refractivity contribution >= 4 is 5.91 Å². The minimum Gasteiger partial charge on any atom is -0.388 e. The predicted octanol–water partition coefficient (Wildman–Crippen LogP) is 1.86. The topological polar surface area (TPSA) is 63.3 Å². The Bertz CT molecular complexity index is 330. The second kappa shape index (κ2) is 4.94. The number of carbonyl (C=O) groups is 1. The Labute approximate surface area is 89.9 Å². The average Bonchev–Trinajstić information content (AvgIpc) is 2.17. The molecule has 0 saturated heterocycles. The van der Waals surface area contributed by atoms with Crippen LogP contribution in [0.15, 0.2) is 24.3 Å². The summed E-state index contributed by atoms with van der Waals surface area (Å²) in [7, 11) is 0. The summed E-state index contributed by atoms with van der Waals surface area (Å²) < 4.78 is 0. The Morgan fingerprint density at radius 2 is 1.87 bits per heavy atom. The lowest BCUT2D eigenvalue weighted by Gasteiger charge is -2.13. The number of amides is 1. The van der Waals surface area contributed by atoms with E-state index < -0.39 is 12.0 Å². The summed E-state index contributed by atoms with van der Waals surface area (Å²) in [5.74, 6) is -0.00397. The molecule has 0 aliphatic carbocycles. The normalized spacial score (nSPS) is 12.8. The molecule has 82 valence electrons. The van der Waals surface area contributed by atoms with Gasteiger partial charge in [-0.05, 0) is 30.0 Å². The van der Waals surface area contributed by atoms with E-state index in [2.05, 4.69) is 13.8 Å². The molecule has 1 aromatic rings. The third kappa shape index (κ3) is 3.36. The van der Waals surface area contributed by atoms with Gasteiger partial charge in [-0.1, -0.05) is 26.0 Å². The summed E-state index contributed by atoms with van der Waals surface area (Å²) in [4.78, 5) is 10.8. The number of primary amides is 1. The summed E-state index contributed by atoms with van der Waals surface area (Å²) in [5.41, 5.74) is 6.41. The van der Waals surface area contributed by atoms with Gasteiger partial charge in [0.05, 0.1) is 6.10 Å². The van der Waals surface area contributed by atoms with Crippen LogP contribution in [0.4, 0.5) is 0 Å². The van der Waals surface area contributed by atoms with Gasteiger partial charge in [0.1, 0.15) is 0 Å². The van der Waals surface area contributed by atoms with Gasteiger partial charge in [0.2, 0.25) is 5.91 Å². The van der Waals surface area contributed by atoms with Crippen LogP contribution in [0.2, 0.25) is 0 Å². The van der Waals surface area contributed by atoms with Crippen LogP contribution < -0.4 is 5.73 Å². The van der Waals surface area contributed by atoms with Gasteiger partial charge >= 0.3 is 0 Å². The molecule has 0 saturated carbocycles. The van der Waals surface area contributed by atoms with Gasteiger partial charge in [0, 0.05) is 5.56 Å². The maximum absolute atomic E-state index is 10.8. The first kappa shape index (κ1) is 11.7. The molecule has 1 amide bonds. The summed E-state index contributed by atoms with van der Waals surface area (Å²) in [6.45, 7) is 4.11. The maximum Gasteiger partial charge on any atom is 0.248 e. The van der Waals surface area contributed by atoms with E-state index in [9.17, 15) is 9.90 Å². The highest BCUT2D eigenvalue weighted by molar-refractivity contribution is 5.92. The van der Waals surface area contributed by atoms with Crippen molar-refractivity contribution in [3.63, 3.8) is 0 Å². The standard InChI is InChI=1S/C12H17NO2/c1-8(2)7-11(14)9-3-5-10(6-4-9)12(13)15/h3-6,8,11,14H,7H2,1-2H3,(H2,13,15). The second-order valence-corrected chi connectivity index (χ2v) is 4.13. The lowest BCUT2D eigenvalue weighted by atomic mass is 9.99. The second-order valence-electron chi connectivity index (χ2n) is 4.13. The smallest absolute Gasteiger partial charge is 0.248 e. The highest BCUT2D eigenvalue weighted by atomic mass is 16.3. The average molecular weight is 207 g/mol. The molecule has 0 aliphatic rings. The van der Waals surface area contributed by atoms with E-state index in [1.54, 1.807) is 24.3 Å². The molecule has 1 aromatic carbocycles. The van der Waals surface area contributed by atoms with Crippen LogP contribution in [0, 0.1) is 5.92 Å². The van der Waals surface area contributed by atoms with Gasteiger partial charge < -0.3 is 10.8 Å². The Balaban J connectivity index is 2.75. The molecule has 0 radical (unpaired) electrons. The molecule has 0 spiro atoms. The van der Waals surface area contributed by atoms with Crippen LogP contribution in [0.3, 0.4) is 0 Å². The SMILES string of the molecule is CC(C)CC(O)c1ccc(C(N)=O)cc1. The zero-order valence-corrected chi connectivity index (χ0v) is 9.10. The van der Waals surface area contributed by atoms with E-state index in [1.165, 1.54) is 0 Å². The third-order valence-corrected chi connectivity index (χ3v) is 2.27. The first-order chi connectivity index (χ1) is 7.00. The molecular formula is C12H17NO2. The van der Waals surface area contributed by atoms with Crippen molar-refractivity contribution in [3.05, 3.63) is 35.4 Å². The van der Waals surface area contributed by atoms with Crippen molar-refractivity contribution in [2.24, 2.45) is 11.7 Å². The largest absolute Gasteiger partial charge is 0.388 e. The molecule has 3 nitrogen and oxygen atoms in total. The van der Waals surface area contributed by atoms with Gasteiger partial charge in [0.25, 0.3) is 0 Å². The van der Waals surface area contributed by atoms with E-state index in [0.717, 1.165) is 12.0 Å². The number of carbonyl (C=O) groups excluding carboxylic acids is 1. The third-order valence-electron chi connectivity index (χ3n) is 2.27. The Hall–Kier alpha value is -1.35. The summed E-state index contributed by atoms with van der Waals surface area (Å²) in [5, 5.41) is 9.80. The number of nitrogens with two attached hydrogens (primary N) is 1. The van der Waals surface area contributed by atoms with Gasteiger partial charge in [0.15, 0.2) is 0 Å². The fourth-order valence-electron chi connectivity index (χ4n) is 1.45. The van der Waals surface area contributed by atoms with Gasteiger partial charge in [-0.3, -0.25) is 4.79 Å². The van der Waals surface area contributed by atoms with Crippen molar-refractivity contribution in [1.82, 2.24) is 0 Å². The van der Waals surface area contributed by atoms with Crippen molar-refractivity contribution in [1.29, 1.82) is 0 Å². The Morgan fingerprint density at radius 1 is 1.33 bits per heavy atom. The molecular weight excluding hydrogens is 190 g/mol. The number of aliphatic hydroxyl groups excluding tert-OH is 1. The van der Waals surface area contributed by atoms with Gasteiger partial charge in [-0.15, -0.1) is 0 Å². The molecule has 1 rings (SSSR count). The maximum atomic E-state index is 10.8. The number of rotatable bonds is 4. The first-order valence-electron chi connectivity index (χ1n) is 5.08. The summed E-state index contributed by atoms with van der Waals surface area (Å²) in [6, 6.07) is 6.77. The summed E-state index contributed by atoms with van der Waals surface area (Å²) in [6.07, 6.45) is 0.252. The van der Waals surface area contributed by atoms with E-state index in [1.807, 2.05) is 0 Å². The highest BCUT2D eigenvalue weighted by Gasteiger charge is 2.10. The zero-order valence-electron chi connectivity index (χ0n) is 9.10. The van der Waals surface area contributed by atoms with Crippen molar-refractivity contribution in [2.75, 3.05) is 0 Å². The van der Waals surface area contributed by atoms with Crippen LogP contribution in [-0.2, 0) is 0 Å². The van der Waals surface area contributed by atoms with Crippen LogP contribution in [-0.4, -0.2) is 11.0 Å². The fourth-order valence-corrected chi connectivity index (χ4v) is 1.45. The number of hydrogen-bond donors (Lipinski definition) is 2. The van der Waals surface area contributed by atoms with E-state index in [4.69, 9.17) is 5.73 Å². The molecule has 0 aliphatic heterocycles. The lowest BCUT2D eigenvalue weighted by molar-refractivity contribution is 0.1000. The van der Waals surface area contributed by atoms with E-state index in [0.29, 0.717) is 11.5 Å². The molecule has 1 atom stereocenters. The van der Waals surface area contributed by atoms with Crippen LogP contribution in [0.1, 0.15) is 42.3 Å². The molecule has 3 heteroatoms. The fraction of sp³-hybridized carbons (Fsp3) is 0.417. The lowest BCUT2D eigenvalue weighted by Crippen LogP contribution is -2.11. The minimum atomic E-state index is -0.466. The first-order valence-corrected chi connectivity index (χ1v) is 5.08.